The Balaban J connectivity index is 2.24. The van der Waals surface area contributed by atoms with Crippen molar-refractivity contribution in [3.63, 3.8) is 0 Å². The zero-order valence-electron chi connectivity index (χ0n) is 9.08. The number of amides is 3. The zero-order valence-corrected chi connectivity index (χ0v) is 9.08. The Morgan fingerprint density at radius 2 is 2.25 bits per heavy atom. The molecule has 2 aliphatic rings. The first-order valence-corrected chi connectivity index (χ1v) is 5.37. The molecule has 0 aromatic carbocycles. The largest absolute Gasteiger partial charge is 0.492 e. The highest BCUT2D eigenvalue weighted by molar-refractivity contribution is 6.01. The van der Waals surface area contributed by atoms with Gasteiger partial charge in [-0.2, -0.15) is 0 Å². The Bertz CT molecular complexity index is 385. The third-order valence-electron chi connectivity index (χ3n) is 2.52. The minimum absolute atomic E-state index is 0.263. The van der Waals surface area contributed by atoms with E-state index in [0.717, 1.165) is 6.42 Å². The summed E-state index contributed by atoms with van der Waals surface area (Å²) in [5.41, 5.74) is 0.588. The number of carbonyl (C=O) groups excluding carboxylic acids is 2. The normalized spacial score (nSPS) is 23.7. The number of urea groups is 1. The van der Waals surface area contributed by atoms with E-state index >= 15 is 0 Å². The van der Waals surface area contributed by atoms with Gasteiger partial charge in [-0.05, 0) is 18.9 Å². The maximum atomic E-state index is 11.6. The van der Waals surface area contributed by atoms with Crippen LogP contribution in [-0.4, -0.2) is 18.5 Å². The first-order chi connectivity index (χ1) is 7.72. The number of nitrogens with one attached hydrogen (secondary N) is 2. The van der Waals surface area contributed by atoms with E-state index < -0.39 is 6.03 Å². The summed E-state index contributed by atoms with van der Waals surface area (Å²) >= 11 is 0. The summed E-state index contributed by atoms with van der Waals surface area (Å²) < 4.78 is 5.50. The van der Waals surface area contributed by atoms with Gasteiger partial charge in [-0.15, -0.1) is 0 Å². The number of hydrogen-bond donors (Lipinski definition) is 2. The number of fused-ring (bicyclic) bond motifs is 1. The summed E-state index contributed by atoms with van der Waals surface area (Å²) in [4.78, 5) is 22.8. The fourth-order valence-corrected chi connectivity index (χ4v) is 1.77. The monoisotopic (exact) mass is 222 g/mol. The van der Waals surface area contributed by atoms with Crippen LogP contribution in [0.1, 0.15) is 19.8 Å². The molecule has 2 rings (SSSR count). The minimum Gasteiger partial charge on any atom is -0.492 e. The van der Waals surface area contributed by atoms with Crippen LogP contribution in [0.4, 0.5) is 4.79 Å². The average Bonchev–Trinajstić information content (AvgIpc) is 2.26. The highest BCUT2D eigenvalue weighted by Crippen LogP contribution is 2.26. The van der Waals surface area contributed by atoms with Gasteiger partial charge in [0.25, 0.3) is 0 Å². The SMILES string of the molecule is CCCOC1=C2NC(=O)NC(=O)C2CC=C1. The quantitative estimate of drug-likeness (QED) is 0.749. The molecule has 0 aromatic rings. The molecular formula is C11H14N2O3. The fraction of sp³-hybridized carbons (Fsp3) is 0.455. The van der Waals surface area contributed by atoms with Gasteiger partial charge in [-0.1, -0.05) is 13.0 Å². The van der Waals surface area contributed by atoms with Gasteiger partial charge in [-0.25, -0.2) is 4.79 Å². The summed E-state index contributed by atoms with van der Waals surface area (Å²) in [7, 11) is 0. The van der Waals surface area contributed by atoms with Crippen molar-refractivity contribution in [2.24, 2.45) is 5.92 Å². The topological polar surface area (TPSA) is 67.4 Å². The Labute approximate surface area is 93.5 Å². The highest BCUT2D eigenvalue weighted by atomic mass is 16.5. The van der Waals surface area contributed by atoms with Crippen molar-refractivity contribution in [1.29, 1.82) is 0 Å². The van der Waals surface area contributed by atoms with Crippen LogP contribution in [0.5, 0.6) is 0 Å². The van der Waals surface area contributed by atoms with Crippen LogP contribution in [0.25, 0.3) is 0 Å². The van der Waals surface area contributed by atoms with Crippen LogP contribution >= 0.6 is 0 Å². The Kier molecular flexibility index (Phi) is 2.94. The standard InChI is InChI=1S/C11H14N2O3/c1-2-6-16-8-5-3-4-7-9(8)12-11(15)13-10(7)14/h3,5,7H,2,4,6H2,1H3,(H2,12,13,14,15). The summed E-state index contributed by atoms with van der Waals surface area (Å²) in [5.74, 6) is 0.0107. The second-order valence-electron chi connectivity index (χ2n) is 3.76. The number of allylic oxidation sites excluding steroid dienone is 2. The third-order valence-corrected chi connectivity index (χ3v) is 2.52. The molecule has 0 bridgehead atoms. The zero-order chi connectivity index (χ0) is 11.5. The van der Waals surface area contributed by atoms with E-state index in [-0.39, 0.29) is 11.8 Å². The van der Waals surface area contributed by atoms with E-state index in [0.29, 0.717) is 24.5 Å². The number of hydrogen-bond acceptors (Lipinski definition) is 3. The van der Waals surface area contributed by atoms with Crippen molar-refractivity contribution >= 4 is 11.9 Å². The molecule has 0 saturated carbocycles. The Morgan fingerprint density at radius 1 is 1.44 bits per heavy atom. The van der Waals surface area contributed by atoms with E-state index in [9.17, 15) is 9.59 Å². The van der Waals surface area contributed by atoms with Crippen LogP contribution in [0.2, 0.25) is 0 Å². The summed E-state index contributed by atoms with van der Waals surface area (Å²) in [5, 5.41) is 4.88. The van der Waals surface area contributed by atoms with E-state index in [4.69, 9.17) is 4.74 Å². The molecule has 5 heteroatoms. The maximum Gasteiger partial charge on any atom is 0.325 e. The molecule has 1 atom stereocenters. The number of carbonyl (C=O) groups is 2. The predicted molar refractivity (Wildman–Crippen MR) is 57.2 cm³/mol. The second kappa shape index (κ2) is 4.38. The molecule has 0 aromatic heterocycles. The molecule has 1 aliphatic carbocycles. The van der Waals surface area contributed by atoms with Crippen LogP contribution in [0.15, 0.2) is 23.6 Å². The van der Waals surface area contributed by atoms with Gasteiger partial charge in [0, 0.05) is 0 Å². The van der Waals surface area contributed by atoms with Crippen molar-refractivity contribution in [2.45, 2.75) is 19.8 Å². The van der Waals surface area contributed by atoms with Gasteiger partial charge >= 0.3 is 6.03 Å². The van der Waals surface area contributed by atoms with Gasteiger partial charge < -0.3 is 10.1 Å². The lowest BCUT2D eigenvalue weighted by Gasteiger charge is -2.28. The van der Waals surface area contributed by atoms with E-state index in [1.807, 2.05) is 13.0 Å². The van der Waals surface area contributed by atoms with Gasteiger partial charge in [0.05, 0.1) is 18.2 Å². The lowest BCUT2D eigenvalue weighted by molar-refractivity contribution is -0.123. The summed E-state index contributed by atoms with van der Waals surface area (Å²) in [6.45, 7) is 2.58. The van der Waals surface area contributed by atoms with Crippen LogP contribution in [-0.2, 0) is 9.53 Å². The van der Waals surface area contributed by atoms with Crippen molar-refractivity contribution < 1.29 is 14.3 Å². The average molecular weight is 222 g/mol. The van der Waals surface area contributed by atoms with Crippen LogP contribution in [0, 0.1) is 5.92 Å². The third kappa shape index (κ3) is 1.93. The van der Waals surface area contributed by atoms with E-state index in [2.05, 4.69) is 10.6 Å². The molecule has 0 radical (unpaired) electrons. The second-order valence-corrected chi connectivity index (χ2v) is 3.76. The molecule has 86 valence electrons. The van der Waals surface area contributed by atoms with Crippen molar-refractivity contribution in [3.05, 3.63) is 23.6 Å². The maximum absolute atomic E-state index is 11.6. The summed E-state index contributed by atoms with van der Waals surface area (Å²) in [6, 6.07) is -0.482. The number of rotatable bonds is 3. The van der Waals surface area contributed by atoms with Gasteiger partial charge in [0.15, 0.2) is 0 Å². The number of ether oxygens (including phenoxy) is 1. The molecule has 3 amide bonds. The van der Waals surface area contributed by atoms with Gasteiger partial charge in [0.2, 0.25) is 5.91 Å². The molecule has 2 N–H and O–H groups in total. The van der Waals surface area contributed by atoms with Crippen LogP contribution in [0.3, 0.4) is 0 Å². The molecule has 1 saturated heterocycles. The molecule has 16 heavy (non-hydrogen) atoms. The fourth-order valence-electron chi connectivity index (χ4n) is 1.77. The molecule has 0 spiro atoms. The van der Waals surface area contributed by atoms with E-state index in [1.54, 1.807) is 6.08 Å². The van der Waals surface area contributed by atoms with Crippen LogP contribution < -0.4 is 10.6 Å². The number of imide groups is 1. The smallest absolute Gasteiger partial charge is 0.325 e. The molecule has 1 heterocycles. The molecule has 1 aliphatic heterocycles. The van der Waals surface area contributed by atoms with Crippen molar-refractivity contribution in [2.75, 3.05) is 6.61 Å². The first kappa shape index (κ1) is 10.7. The predicted octanol–water partition coefficient (Wildman–Crippen LogP) is 1.04. The highest BCUT2D eigenvalue weighted by Gasteiger charge is 2.34. The molecule has 1 fully saturated rings. The minimum atomic E-state index is -0.482. The van der Waals surface area contributed by atoms with Crippen molar-refractivity contribution in [1.82, 2.24) is 10.6 Å². The Morgan fingerprint density at radius 3 is 3.00 bits per heavy atom. The van der Waals surface area contributed by atoms with Gasteiger partial charge in [-0.3, -0.25) is 10.1 Å². The lowest BCUT2D eigenvalue weighted by atomic mass is 9.93. The summed E-state index contributed by atoms with van der Waals surface area (Å²) in [6.07, 6.45) is 5.17. The molecule has 1 unspecified atom stereocenters. The molecular weight excluding hydrogens is 208 g/mol. The Hall–Kier alpha value is -1.78. The molecule has 5 nitrogen and oxygen atoms in total. The lowest BCUT2D eigenvalue weighted by Crippen LogP contribution is -2.51. The van der Waals surface area contributed by atoms with Gasteiger partial charge in [0.1, 0.15) is 5.76 Å². The van der Waals surface area contributed by atoms with E-state index in [1.165, 1.54) is 0 Å². The van der Waals surface area contributed by atoms with Crippen molar-refractivity contribution in [3.8, 4) is 0 Å². The first-order valence-electron chi connectivity index (χ1n) is 5.37.